The second kappa shape index (κ2) is 7.17. The van der Waals surface area contributed by atoms with Gasteiger partial charge in [-0.05, 0) is 19.4 Å². The lowest BCUT2D eigenvalue weighted by Crippen LogP contribution is -2.41. The van der Waals surface area contributed by atoms with Gasteiger partial charge in [0.1, 0.15) is 0 Å². The van der Waals surface area contributed by atoms with E-state index in [2.05, 4.69) is 17.1 Å². The Bertz CT molecular complexity index is 161. The highest BCUT2D eigenvalue weighted by Gasteiger charge is 2.23. The van der Waals surface area contributed by atoms with Gasteiger partial charge in [0, 0.05) is 39.4 Å². The van der Waals surface area contributed by atoms with Gasteiger partial charge in [-0.3, -0.25) is 4.90 Å². The van der Waals surface area contributed by atoms with Crippen LogP contribution in [-0.2, 0) is 4.74 Å². The molecule has 4 nitrogen and oxygen atoms in total. The molecule has 0 aromatic carbocycles. The van der Waals surface area contributed by atoms with Gasteiger partial charge in [0.2, 0.25) is 0 Å². The summed E-state index contributed by atoms with van der Waals surface area (Å²) in [6.07, 6.45) is 2.37. The van der Waals surface area contributed by atoms with Crippen LogP contribution in [0, 0.1) is 0 Å². The first-order chi connectivity index (χ1) is 7.30. The smallest absolute Gasteiger partial charge is 0.0710 e. The minimum absolute atomic E-state index is 0.263. The van der Waals surface area contributed by atoms with Crippen molar-refractivity contribution in [2.24, 2.45) is 0 Å². The van der Waals surface area contributed by atoms with Crippen LogP contribution >= 0.6 is 0 Å². The van der Waals surface area contributed by atoms with Crippen molar-refractivity contribution in [3.05, 3.63) is 0 Å². The largest absolute Gasteiger partial charge is 0.396 e. The fourth-order valence-corrected chi connectivity index (χ4v) is 2.17. The number of likely N-dealkylation sites (tertiary alicyclic amines) is 1. The van der Waals surface area contributed by atoms with Crippen LogP contribution in [0.5, 0.6) is 0 Å². The van der Waals surface area contributed by atoms with E-state index in [9.17, 15) is 0 Å². The zero-order chi connectivity index (χ0) is 11.1. The maximum atomic E-state index is 8.95. The Morgan fingerprint density at radius 2 is 2.40 bits per heavy atom. The van der Waals surface area contributed by atoms with Crippen molar-refractivity contribution in [1.29, 1.82) is 0 Å². The van der Waals surface area contributed by atoms with Crippen molar-refractivity contribution in [2.75, 3.05) is 39.9 Å². The Hall–Kier alpha value is -0.160. The van der Waals surface area contributed by atoms with Crippen LogP contribution < -0.4 is 5.32 Å². The van der Waals surface area contributed by atoms with E-state index in [-0.39, 0.29) is 6.61 Å². The lowest BCUT2D eigenvalue weighted by Gasteiger charge is -2.23. The minimum atomic E-state index is 0.263. The molecule has 1 aliphatic heterocycles. The zero-order valence-electron chi connectivity index (χ0n) is 9.91. The number of nitrogens with zero attached hydrogens (tertiary/aromatic N) is 1. The Morgan fingerprint density at radius 1 is 1.60 bits per heavy atom. The van der Waals surface area contributed by atoms with Crippen molar-refractivity contribution in [1.82, 2.24) is 10.2 Å². The summed E-state index contributed by atoms with van der Waals surface area (Å²) >= 11 is 0. The van der Waals surface area contributed by atoms with Gasteiger partial charge in [-0.25, -0.2) is 0 Å². The summed E-state index contributed by atoms with van der Waals surface area (Å²) in [4.78, 5) is 2.41. The number of hydrogen-bond donors (Lipinski definition) is 2. The summed E-state index contributed by atoms with van der Waals surface area (Å²) in [7, 11) is 1.78. The molecular formula is C11H24N2O2. The number of aliphatic hydroxyl groups is 1. The molecule has 90 valence electrons. The van der Waals surface area contributed by atoms with Crippen LogP contribution in [0.1, 0.15) is 19.8 Å². The van der Waals surface area contributed by atoms with E-state index in [0.717, 1.165) is 39.0 Å². The van der Waals surface area contributed by atoms with Crippen LogP contribution in [-0.4, -0.2) is 62.0 Å². The maximum absolute atomic E-state index is 8.95. The molecule has 0 aliphatic carbocycles. The molecule has 1 heterocycles. The average molecular weight is 216 g/mol. The number of hydrogen-bond acceptors (Lipinski definition) is 4. The number of nitrogens with one attached hydrogen (secondary N) is 1. The van der Waals surface area contributed by atoms with Crippen LogP contribution in [0.15, 0.2) is 0 Å². The van der Waals surface area contributed by atoms with Crippen molar-refractivity contribution < 1.29 is 9.84 Å². The van der Waals surface area contributed by atoms with Crippen molar-refractivity contribution in [3.8, 4) is 0 Å². The molecule has 2 N–H and O–H groups in total. The highest BCUT2D eigenvalue weighted by Crippen LogP contribution is 2.12. The summed E-state index contributed by atoms with van der Waals surface area (Å²) in [6, 6.07) is 0.413. The lowest BCUT2D eigenvalue weighted by molar-refractivity contribution is 0.106. The second-order valence-electron chi connectivity index (χ2n) is 4.17. The van der Waals surface area contributed by atoms with Crippen LogP contribution in [0.25, 0.3) is 0 Å². The number of aliphatic hydroxyl groups excluding tert-OH is 1. The van der Waals surface area contributed by atoms with E-state index >= 15 is 0 Å². The highest BCUT2D eigenvalue weighted by atomic mass is 16.5. The molecule has 0 amide bonds. The van der Waals surface area contributed by atoms with Crippen molar-refractivity contribution in [3.63, 3.8) is 0 Å². The third-order valence-electron chi connectivity index (χ3n) is 3.01. The first kappa shape index (κ1) is 12.9. The molecule has 1 rings (SSSR count). The van der Waals surface area contributed by atoms with Crippen LogP contribution in [0.3, 0.4) is 0 Å². The third kappa shape index (κ3) is 4.47. The summed E-state index contributed by atoms with van der Waals surface area (Å²) in [6.45, 7) is 6.50. The number of likely N-dealkylation sites (N-methyl/N-ethyl adjacent to an activating group) is 1. The second-order valence-corrected chi connectivity index (χ2v) is 4.17. The van der Waals surface area contributed by atoms with Gasteiger partial charge in [-0.2, -0.15) is 0 Å². The average Bonchev–Trinajstić information content (AvgIpc) is 2.66. The predicted molar refractivity (Wildman–Crippen MR) is 61.0 cm³/mol. The van der Waals surface area contributed by atoms with Gasteiger partial charge < -0.3 is 15.2 Å². The topological polar surface area (TPSA) is 44.7 Å². The van der Waals surface area contributed by atoms with E-state index in [4.69, 9.17) is 9.84 Å². The van der Waals surface area contributed by atoms with Gasteiger partial charge >= 0.3 is 0 Å². The molecule has 0 saturated carbocycles. The number of ether oxygens (including phenoxy) is 1. The number of rotatable bonds is 7. The fourth-order valence-electron chi connectivity index (χ4n) is 2.17. The van der Waals surface area contributed by atoms with Crippen LogP contribution in [0.4, 0.5) is 0 Å². The van der Waals surface area contributed by atoms with E-state index in [1.54, 1.807) is 7.11 Å². The van der Waals surface area contributed by atoms with Crippen molar-refractivity contribution >= 4 is 0 Å². The van der Waals surface area contributed by atoms with E-state index in [1.807, 2.05) is 0 Å². The fraction of sp³-hybridized carbons (Fsp3) is 1.00. The maximum Gasteiger partial charge on any atom is 0.0710 e. The van der Waals surface area contributed by atoms with Crippen LogP contribution in [0.2, 0.25) is 0 Å². The van der Waals surface area contributed by atoms with E-state index in [0.29, 0.717) is 12.1 Å². The summed E-state index contributed by atoms with van der Waals surface area (Å²) in [5, 5.41) is 12.4. The van der Waals surface area contributed by atoms with E-state index < -0.39 is 0 Å². The Kier molecular flexibility index (Phi) is 6.17. The molecule has 1 saturated heterocycles. The van der Waals surface area contributed by atoms with Gasteiger partial charge in [-0.1, -0.05) is 6.92 Å². The Balaban J connectivity index is 2.25. The third-order valence-corrected chi connectivity index (χ3v) is 3.01. The molecule has 4 heteroatoms. The standard InChI is InChI=1S/C11H24N2O2/c1-3-12-10(5-7-14)8-13-6-4-11(9-13)15-2/h10-12,14H,3-9H2,1-2H3. The molecular weight excluding hydrogens is 192 g/mol. The zero-order valence-corrected chi connectivity index (χ0v) is 9.91. The molecule has 0 bridgehead atoms. The quantitative estimate of drug-likeness (QED) is 0.632. The number of methoxy groups -OCH3 is 1. The predicted octanol–water partition coefficient (Wildman–Crippen LogP) is 0.0676. The normalized spacial score (nSPS) is 24.6. The molecule has 0 spiro atoms. The first-order valence-electron chi connectivity index (χ1n) is 5.89. The molecule has 15 heavy (non-hydrogen) atoms. The molecule has 1 aliphatic rings. The minimum Gasteiger partial charge on any atom is -0.396 e. The Labute approximate surface area is 92.6 Å². The SMILES string of the molecule is CCNC(CCO)CN1CCC(OC)C1. The molecule has 0 aromatic rings. The monoisotopic (exact) mass is 216 g/mol. The molecule has 2 atom stereocenters. The van der Waals surface area contributed by atoms with E-state index in [1.165, 1.54) is 0 Å². The summed E-state index contributed by atoms with van der Waals surface area (Å²) < 4.78 is 5.33. The Morgan fingerprint density at radius 3 is 2.93 bits per heavy atom. The summed E-state index contributed by atoms with van der Waals surface area (Å²) in [5.74, 6) is 0. The van der Waals surface area contributed by atoms with Crippen molar-refractivity contribution in [2.45, 2.75) is 31.9 Å². The molecule has 1 fully saturated rings. The van der Waals surface area contributed by atoms with Gasteiger partial charge in [0.05, 0.1) is 6.10 Å². The highest BCUT2D eigenvalue weighted by molar-refractivity contribution is 4.80. The first-order valence-corrected chi connectivity index (χ1v) is 5.89. The van der Waals surface area contributed by atoms with Gasteiger partial charge in [-0.15, -0.1) is 0 Å². The molecule has 0 aromatic heterocycles. The van der Waals surface area contributed by atoms with Gasteiger partial charge in [0.15, 0.2) is 0 Å². The molecule has 2 unspecified atom stereocenters. The summed E-state index contributed by atoms with van der Waals surface area (Å²) in [5.41, 5.74) is 0. The van der Waals surface area contributed by atoms with Gasteiger partial charge in [0.25, 0.3) is 0 Å². The lowest BCUT2D eigenvalue weighted by atomic mass is 10.2. The molecule has 0 radical (unpaired) electrons.